The molecule has 1 saturated heterocycles. The van der Waals surface area contributed by atoms with Crippen LogP contribution in [0, 0.1) is 5.92 Å². The number of carbonyl (C=O) groups is 1. The van der Waals surface area contributed by atoms with Crippen LogP contribution in [0.2, 0.25) is 0 Å². The zero-order valence-electron chi connectivity index (χ0n) is 14.8. The molecule has 1 aliphatic carbocycles. The van der Waals surface area contributed by atoms with Gasteiger partial charge in [0.05, 0.1) is 12.2 Å². The van der Waals surface area contributed by atoms with E-state index < -0.39 is 0 Å². The third-order valence-electron chi connectivity index (χ3n) is 5.61. The Hall–Kier alpha value is -1.42. The maximum absolute atomic E-state index is 13.0. The normalized spacial score (nSPS) is 22.2. The van der Waals surface area contributed by atoms with E-state index in [-0.39, 0.29) is 0 Å². The largest absolute Gasteiger partial charge is 0.334 e. The summed E-state index contributed by atoms with van der Waals surface area (Å²) in [4.78, 5) is 19.6. The lowest BCUT2D eigenvalue weighted by Crippen LogP contribution is -2.40. The molecule has 0 spiro atoms. The van der Waals surface area contributed by atoms with Gasteiger partial charge in [0.2, 0.25) is 5.91 Å². The number of rotatable bonds is 6. The molecule has 3 rings (SSSR count). The molecular weight excluding hydrogens is 298 g/mol. The summed E-state index contributed by atoms with van der Waals surface area (Å²) < 4.78 is 0. The fourth-order valence-electron chi connectivity index (χ4n) is 4.17. The molecule has 1 aromatic rings. The van der Waals surface area contributed by atoms with Crippen LogP contribution in [0.1, 0.15) is 63.5 Å². The molecule has 0 bridgehead atoms. The summed E-state index contributed by atoms with van der Waals surface area (Å²) in [5.41, 5.74) is 1.00. The third-order valence-corrected chi connectivity index (χ3v) is 5.61. The molecule has 1 saturated carbocycles. The summed E-state index contributed by atoms with van der Waals surface area (Å²) in [6.07, 6.45) is 12.3. The molecule has 1 amide bonds. The van der Waals surface area contributed by atoms with E-state index in [1.807, 2.05) is 24.4 Å². The Balaban J connectivity index is 1.64. The zero-order valence-corrected chi connectivity index (χ0v) is 14.8. The van der Waals surface area contributed by atoms with Gasteiger partial charge in [-0.15, -0.1) is 0 Å². The van der Waals surface area contributed by atoms with Crippen LogP contribution >= 0.6 is 0 Å². The minimum absolute atomic E-state index is 0.333. The van der Waals surface area contributed by atoms with Crippen LogP contribution in [0.15, 0.2) is 24.4 Å². The van der Waals surface area contributed by atoms with Crippen molar-refractivity contribution in [3.05, 3.63) is 30.1 Å². The van der Waals surface area contributed by atoms with Gasteiger partial charge in [0.15, 0.2) is 0 Å². The van der Waals surface area contributed by atoms with Crippen LogP contribution in [0.3, 0.4) is 0 Å². The van der Waals surface area contributed by atoms with Crippen molar-refractivity contribution >= 4 is 5.91 Å². The molecule has 1 aromatic heterocycles. The quantitative estimate of drug-likeness (QED) is 0.868. The lowest BCUT2D eigenvalue weighted by Gasteiger charge is -2.31. The van der Waals surface area contributed by atoms with Gasteiger partial charge in [0, 0.05) is 18.7 Å². The Morgan fingerprint density at radius 1 is 1.12 bits per heavy atom. The van der Waals surface area contributed by atoms with Crippen molar-refractivity contribution in [1.82, 2.24) is 15.2 Å². The van der Waals surface area contributed by atoms with E-state index in [2.05, 4.69) is 15.2 Å². The number of pyridine rings is 1. The molecule has 4 heteroatoms. The second-order valence-electron chi connectivity index (χ2n) is 7.37. The zero-order chi connectivity index (χ0) is 16.6. The highest BCUT2D eigenvalue weighted by Gasteiger charge is 2.26. The maximum Gasteiger partial charge on any atom is 0.223 e. The molecule has 1 aliphatic heterocycles. The van der Waals surface area contributed by atoms with Crippen molar-refractivity contribution in [3.63, 3.8) is 0 Å². The Kier molecular flexibility index (Phi) is 6.65. The summed E-state index contributed by atoms with van der Waals surface area (Å²) in [5, 5.41) is 3.46. The molecule has 1 atom stereocenters. The van der Waals surface area contributed by atoms with Crippen molar-refractivity contribution < 1.29 is 4.79 Å². The van der Waals surface area contributed by atoms with Crippen molar-refractivity contribution in [2.75, 3.05) is 13.1 Å². The molecule has 1 N–H and O–H groups in total. The maximum atomic E-state index is 13.0. The van der Waals surface area contributed by atoms with Crippen molar-refractivity contribution in [2.45, 2.75) is 70.4 Å². The SMILES string of the molecule is O=C(CCC1CCCC1)N(Cc1ccccn1)C1CCCNCC1. The fraction of sp³-hybridized carbons (Fsp3) is 0.700. The van der Waals surface area contributed by atoms with Gasteiger partial charge in [-0.05, 0) is 56.8 Å². The predicted octanol–water partition coefficient (Wildman–Crippen LogP) is 3.52. The first-order valence-electron chi connectivity index (χ1n) is 9.73. The molecular formula is C20H31N3O. The van der Waals surface area contributed by atoms with Gasteiger partial charge in [-0.2, -0.15) is 0 Å². The monoisotopic (exact) mass is 329 g/mol. The highest BCUT2D eigenvalue weighted by molar-refractivity contribution is 5.76. The third kappa shape index (κ3) is 5.04. The standard InChI is InChI=1S/C20H31N3O/c24-20(11-10-17-6-1-2-7-17)23(16-18-8-3-4-14-22-18)19-9-5-13-21-15-12-19/h3-4,8,14,17,19,21H,1-2,5-7,9-13,15-16H2. The van der Waals surface area contributed by atoms with Crippen molar-refractivity contribution in [2.24, 2.45) is 5.92 Å². The van der Waals surface area contributed by atoms with Gasteiger partial charge in [-0.25, -0.2) is 0 Å². The molecule has 132 valence electrons. The van der Waals surface area contributed by atoms with E-state index in [0.717, 1.165) is 50.4 Å². The molecule has 4 nitrogen and oxygen atoms in total. The van der Waals surface area contributed by atoms with Crippen LogP contribution in [-0.4, -0.2) is 34.9 Å². The van der Waals surface area contributed by atoms with Crippen LogP contribution in [0.4, 0.5) is 0 Å². The second kappa shape index (κ2) is 9.16. The number of amides is 1. The van der Waals surface area contributed by atoms with E-state index >= 15 is 0 Å². The summed E-state index contributed by atoms with van der Waals surface area (Å²) >= 11 is 0. The number of nitrogens with zero attached hydrogens (tertiary/aromatic N) is 2. The Morgan fingerprint density at radius 2 is 2.00 bits per heavy atom. The summed E-state index contributed by atoms with van der Waals surface area (Å²) in [6.45, 7) is 2.75. The van der Waals surface area contributed by atoms with E-state index in [4.69, 9.17) is 0 Å². The number of aromatic nitrogens is 1. The number of hydrogen-bond donors (Lipinski definition) is 1. The highest BCUT2D eigenvalue weighted by Crippen LogP contribution is 2.29. The first kappa shape index (κ1) is 17.4. The molecule has 2 heterocycles. The van der Waals surface area contributed by atoms with Gasteiger partial charge in [0.1, 0.15) is 0 Å². The topological polar surface area (TPSA) is 45.2 Å². The Bertz CT molecular complexity index is 491. The minimum atomic E-state index is 0.333. The van der Waals surface area contributed by atoms with Crippen molar-refractivity contribution in [1.29, 1.82) is 0 Å². The Labute approximate surface area is 146 Å². The van der Waals surface area contributed by atoms with Crippen LogP contribution in [-0.2, 0) is 11.3 Å². The molecule has 1 unspecified atom stereocenters. The first-order chi connectivity index (χ1) is 11.8. The number of hydrogen-bond acceptors (Lipinski definition) is 3. The second-order valence-corrected chi connectivity index (χ2v) is 7.37. The van der Waals surface area contributed by atoms with E-state index in [1.165, 1.54) is 25.7 Å². The Morgan fingerprint density at radius 3 is 2.79 bits per heavy atom. The van der Waals surface area contributed by atoms with Crippen LogP contribution in [0.25, 0.3) is 0 Å². The van der Waals surface area contributed by atoms with Crippen molar-refractivity contribution in [3.8, 4) is 0 Å². The molecule has 0 radical (unpaired) electrons. The molecule has 24 heavy (non-hydrogen) atoms. The van der Waals surface area contributed by atoms with E-state index in [9.17, 15) is 4.79 Å². The smallest absolute Gasteiger partial charge is 0.223 e. The summed E-state index contributed by atoms with van der Waals surface area (Å²) in [5.74, 6) is 1.11. The lowest BCUT2D eigenvalue weighted by molar-refractivity contribution is -0.134. The molecule has 2 fully saturated rings. The van der Waals surface area contributed by atoms with E-state index in [0.29, 0.717) is 24.9 Å². The van der Waals surface area contributed by atoms with Crippen LogP contribution in [0.5, 0.6) is 0 Å². The minimum Gasteiger partial charge on any atom is -0.334 e. The van der Waals surface area contributed by atoms with Crippen LogP contribution < -0.4 is 5.32 Å². The average molecular weight is 329 g/mol. The van der Waals surface area contributed by atoms with Gasteiger partial charge in [0.25, 0.3) is 0 Å². The summed E-state index contributed by atoms with van der Waals surface area (Å²) in [7, 11) is 0. The van der Waals surface area contributed by atoms with Gasteiger partial charge in [-0.1, -0.05) is 31.7 Å². The first-order valence-corrected chi connectivity index (χ1v) is 9.73. The van der Waals surface area contributed by atoms with E-state index in [1.54, 1.807) is 0 Å². The number of carbonyl (C=O) groups excluding carboxylic acids is 1. The lowest BCUT2D eigenvalue weighted by atomic mass is 10.00. The summed E-state index contributed by atoms with van der Waals surface area (Å²) in [6, 6.07) is 6.34. The van der Waals surface area contributed by atoms with Gasteiger partial charge >= 0.3 is 0 Å². The predicted molar refractivity (Wildman–Crippen MR) is 96.5 cm³/mol. The highest BCUT2D eigenvalue weighted by atomic mass is 16.2. The van der Waals surface area contributed by atoms with Gasteiger partial charge in [-0.3, -0.25) is 9.78 Å². The molecule has 0 aromatic carbocycles. The van der Waals surface area contributed by atoms with Gasteiger partial charge < -0.3 is 10.2 Å². The average Bonchev–Trinajstić information content (AvgIpc) is 3.00. The fourth-order valence-corrected chi connectivity index (χ4v) is 4.17. The molecule has 2 aliphatic rings. The number of nitrogens with one attached hydrogen (secondary N) is 1.